The molecule has 0 aromatic rings. The Labute approximate surface area is 118 Å². The van der Waals surface area contributed by atoms with Gasteiger partial charge in [0.05, 0.1) is 0 Å². The minimum absolute atomic E-state index is 0.899. The molecule has 3 saturated heterocycles. The van der Waals surface area contributed by atoms with Crippen molar-refractivity contribution in [2.75, 3.05) is 39.3 Å². The smallest absolute Gasteiger partial charge is 0.0122 e. The quantitative estimate of drug-likeness (QED) is 0.766. The van der Waals surface area contributed by atoms with Crippen molar-refractivity contribution in [3.63, 3.8) is 0 Å². The zero-order valence-corrected chi connectivity index (χ0v) is 12.6. The van der Waals surface area contributed by atoms with Gasteiger partial charge in [0.25, 0.3) is 0 Å². The fourth-order valence-electron chi connectivity index (χ4n) is 4.38. The van der Waals surface area contributed by atoms with E-state index >= 15 is 0 Å². The lowest BCUT2D eigenvalue weighted by Crippen LogP contribution is -2.47. The van der Waals surface area contributed by atoms with Crippen LogP contribution in [0.3, 0.4) is 0 Å². The van der Waals surface area contributed by atoms with E-state index in [-0.39, 0.29) is 0 Å². The first-order chi connectivity index (χ1) is 9.36. The number of hydrogen-bond donors (Lipinski definition) is 1. The van der Waals surface area contributed by atoms with E-state index in [4.69, 9.17) is 0 Å². The highest BCUT2D eigenvalue weighted by atomic mass is 15.2. The normalized spacial score (nSPS) is 36.8. The van der Waals surface area contributed by atoms with E-state index < -0.39 is 0 Å². The molecule has 3 aliphatic heterocycles. The lowest BCUT2D eigenvalue weighted by Gasteiger charge is -2.39. The molecule has 3 fully saturated rings. The van der Waals surface area contributed by atoms with Crippen molar-refractivity contribution < 1.29 is 0 Å². The van der Waals surface area contributed by atoms with E-state index in [1.165, 1.54) is 77.8 Å². The van der Waals surface area contributed by atoms with Crippen LogP contribution in [0.5, 0.6) is 0 Å². The lowest BCUT2D eigenvalue weighted by molar-refractivity contribution is 0.101. The van der Waals surface area contributed by atoms with Crippen molar-refractivity contribution in [3.05, 3.63) is 0 Å². The predicted octanol–water partition coefficient (Wildman–Crippen LogP) is 1.93. The van der Waals surface area contributed by atoms with Gasteiger partial charge in [0.2, 0.25) is 0 Å². The molecule has 0 saturated carbocycles. The molecule has 1 N–H and O–H groups in total. The first-order valence-electron chi connectivity index (χ1n) is 8.55. The Kier molecular flexibility index (Phi) is 4.78. The standard InChI is InChI=1S/C16H31N3/c1-2-7-17-12-14-5-9-19(13-14)16-6-10-18-8-3-4-15(18)11-16/h14-17H,2-13H2,1H3. The van der Waals surface area contributed by atoms with E-state index in [1.54, 1.807) is 0 Å². The summed E-state index contributed by atoms with van der Waals surface area (Å²) in [6.07, 6.45) is 8.46. The van der Waals surface area contributed by atoms with Gasteiger partial charge in [-0.3, -0.25) is 4.90 Å². The molecule has 19 heavy (non-hydrogen) atoms. The Hall–Kier alpha value is -0.120. The third-order valence-electron chi connectivity index (χ3n) is 5.49. The van der Waals surface area contributed by atoms with E-state index in [2.05, 4.69) is 22.0 Å². The molecule has 110 valence electrons. The van der Waals surface area contributed by atoms with Crippen LogP contribution in [-0.4, -0.2) is 61.2 Å². The lowest BCUT2D eigenvalue weighted by atomic mass is 9.96. The van der Waals surface area contributed by atoms with Gasteiger partial charge in [-0.05, 0) is 77.2 Å². The fraction of sp³-hybridized carbons (Fsp3) is 1.00. The van der Waals surface area contributed by atoms with Crippen LogP contribution in [0.25, 0.3) is 0 Å². The summed E-state index contributed by atoms with van der Waals surface area (Å²) in [5, 5.41) is 3.60. The molecule has 3 nitrogen and oxygen atoms in total. The van der Waals surface area contributed by atoms with Gasteiger partial charge in [-0.1, -0.05) is 6.92 Å². The van der Waals surface area contributed by atoms with Gasteiger partial charge in [0.15, 0.2) is 0 Å². The van der Waals surface area contributed by atoms with Gasteiger partial charge in [-0.2, -0.15) is 0 Å². The molecule has 3 rings (SSSR count). The number of nitrogens with one attached hydrogen (secondary N) is 1. The molecule has 0 spiro atoms. The Bertz CT molecular complexity index is 281. The Morgan fingerprint density at radius 2 is 1.84 bits per heavy atom. The summed E-state index contributed by atoms with van der Waals surface area (Å²) in [5.41, 5.74) is 0. The molecule has 3 heterocycles. The van der Waals surface area contributed by atoms with Gasteiger partial charge >= 0.3 is 0 Å². The summed E-state index contributed by atoms with van der Waals surface area (Å²) in [6.45, 7) is 10.1. The number of hydrogen-bond acceptors (Lipinski definition) is 3. The first-order valence-corrected chi connectivity index (χ1v) is 8.55. The van der Waals surface area contributed by atoms with Crippen LogP contribution in [0.2, 0.25) is 0 Å². The zero-order chi connectivity index (χ0) is 13.1. The first kappa shape index (κ1) is 13.8. The minimum atomic E-state index is 0.899. The molecule has 0 aromatic carbocycles. The predicted molar refractivity (Wildman–Crippen MR) is 80.5 cm³/mol. The van der Waals surface area contributed by atoms with Crippen LogP contribution in [0.1, 0.15) is 45.4 Å². The summed E-state index contributed by atoms with van der Waals surface area (Å²) in [6, 6.07) is 1.83. The van der Waals surface area contributed by atoms with Crippen LogP contribution in [0.15, 0.2) is 0 Å². The monoisotopic (exact) mass is 265 g/mol. The summed E-state index contributed by atoms with van der Waals surface area (Å²) in [4.78, 5) is 5.56. The number of rotatable bonds is 5. The summed E-state index contributed by atoms with van der Waals surface area (Å²) < 4.78 is 0. The molecule has 0 aliphatic carbocycles. The van der Waals surface area contributed by atoms with Gasteiger partial charge in [0.1, 0.15) is 0 Å². The molecule has 0 radical (unpaired) electrons. The van der Waals surface area contributed by atoms with Crippen molar-refractivity contribution >= 4 is 0 Å². The maximum atomic E-state index is 3.60. The van der Waals surface area contributed by atoms with Crippen molar-refractivity contribution in [1.82, 2.24) is 15.1 Å². The third-order valence-corrected chi connectivity index (χ3v) is 5.49. The maximum Gasteiger partial charge on any atom is 0.0122 e. The molecule has 3 heteroatoms. The minimum Gasteiger partial charge on any atom is -0.316 e. The highest BCUT2D eigenvalue weighted by molar-refractivity contribution is 4.92. The average Bonchev–Trinajstić information content (AvgIpc) is 3.06. The maximum absolute atomic E-state index is 3.60. The Morgan fingerprint density at radius 3 is 2.74 bits per heavy atom. The second-order valence-electron chi connectivity index (χ2n) is 6.86. The highest BCUT2D eigenvalue weighted by Gasteiger charge is 2.36. The molecule has 3 aliphatic rings. The molecule has 3 unspecified atom stereocenters. The largest absolute Gasteiger partial charge is 0.316 e. The zero-order valence-electron chi connectivity index (χ0n) is 12.6. The average molecular weight is 265 g/mol. The van der Waals surface area contributed by atoms with Gasteiger partial charge in [0, 0.05) is 18.6 Å². The number of piperidine rings is 1. The number of fused-ring (bicyclic) bond motifs is 1. The van der Waals surface area contributed by atoms with Crippen LogP contribution >= 0.6 is 0 Å². The van der Waals surface area contributed by atoms with Gasteiger partial charge in [-0.15, -0.1) is 0 Å². The highest BCUT2D eigenvalue weighted by Crippen LogP contribution is 2.31. The van der Waals surface area contributed by atoms with Gasteiger partial charge in [-0.25, -0.2) is 0 Å². The number of likely N-dealkylation sites (tertiary alicyclic amines) is 1. The molecule has 3 atom stereocenters. The van der Waals surface area contributed by atoms with Crippen LogP contribution < -0.4 is 5.32 Å². The van der Waals surface area contributed by atoms with E-state index in [0.717, 1.165) is 18.0 Å². The van der Waals surface area contributed by atoms with Crippen molar-refractivity contribution in [3.8, 4) is 0 Å². The van der Waals surface area contributed by atoms with Crippen molar-refractivity contribution in [2.24, 2.45) is 5.92 Å². The summed E-state index contributed by atoms with van der Waals surface area (Å²) >= 11 is 0. The Morgan fingerprint density at radius 1 is 1.00 bits per heavy atom. The summed E-state index contributed by atoms with van der Waals surface area (Å²) in [7, 11) is 0. The fourth-order valence-corrected chi connectivity index (χ4v) is 4.38. The van der Waals surface area contributed by atoms with Crippen LogP contribution in [0, 0.1) is 5.92 Å². The van der Waals surface area contributed by atoms with E-state index in [0.29, 0.717) is 0 Å². The molecular weight excluding hydrogens is 234 g/mol. The van der Waals surface area contributed by atoms with Crippen LogP contribution in [0.4, 0.5) is 0 Å². The topological polar surface area (TPSA) is 18.5 Å². The SMILES string of the molecule is CCCNCC1CCN(C2CCN3CCCC3C2)C1. The Balaban J connectivity index is 1.43. The molecule has 0 amide bonds. The summed E-state index contributed by atoms with van der Waals surface area (Å²) in [5.74, 6) is 0.910. The third kappa shape index (κ3) is 3.32. The number of nitrogens with zero attached hydrogens (tertiary/aromatic N) is 2. The van der Waals surface area contributed by atoms with Gasteiger partial charge < -0.3 is 10.2 Å². The van der Waals surface area contributed by atoms with E-state index in [1.807, 2.05) is 0 Å². The van der Waals surface area contributed by atoms with E-state index in [9.17, 15) is 0 Å². The second kappa shape index (κ2) is 6.55. The molecule has 0 aromatic heterocycles. The van der Waals surface area contributed by atoms with Crippen molar-refractivity contribution in [2.45, 2.75) is 57.5 Å². The van der Waals surface area contributed by atoms with Crippen LogP contribution in [-0.2, 0) is 0 Å². The molecular formula is C16H31N3. The van der Waals surface area contributed by atoms with Crippen molar-refractivity contribution in [1.29, 1.82) is 0 Å². The second-order valence-corrected chi connectivity index (χ2v) is 6.86. The molecule has 0 bridgehead atoms.